The van der Waals surface area contributed by atoms with Crippen molar-refractivity contribution in [1.29, 1.82) is 0 Å². The molecule has 0 fully saturated rings. The molecule has 0 atom stereocenters. The van der Waals surface area contributed by atoms with Crippen LogP contribution in [0.5, 0.6) is 0 Å². The number of ether oxygens (including phenoxy) is 2. The highest BCUT2D eigenvalue weighted by Crippen LogP contribution is 2.23. The number of nitro benzene ring substituents is 1. The number of nitrogens with zero attached hydrogens (tertiary/aromatic N) is 1. The molecule has 0 saturated carbocycles. The van der Waals surface area contributed by atoms with Gasteiger partial charge in [0, 0.05) is 31.5 Å². The summed E-state index contributed by atoms with van der Waals surface area (Å²) in [5.41, 5.74) is 3.44. The first kappa shape index (κ1) is 15.2. The van der Waals surface area contributed by atoms with Crippen LogP contribution >= 0.6 is 0 Å². The number of nitro groups is 1. The Morgan fingerprint density at radius 2 is 2.00 bits per heavy atom. The van der Waals surface area contributed by atoms with Gasteiger partial charge in [-0.3, -0.25) is 16.0 Å². The van der Waals surface area contributed by atoms with Gasteiger partial charge >= 0.3 is 0 Å². The Labute approximate surface area is 111 Å². The number of anilines is 2. The van der Waals surface area contributed by atoms with Crippen LogP contribution < -0.4 is 16.6 Å². The zero-order valence-corrected chi connectivity index (χ0v) is 10.7. The van der Waals surface area contributed by atoms with Crippen LogP contribution in [0, 0.1) is 10.1 Å². The number of benzene rings is 1. The topological polar surface area (TPSA) is 112 Å². The fourth-order valence-electron chi connectivity index (χ4n) is 1.41. The first-order valence-electron chi connectivity index (χ1n) is 5.74. The van der Waals surface area contributed by atoms with Crippen LogP contribution in [-0.4, -0.2) is 38.4 Å². The van der Waals surface area contributed by atoms with Gasteiger partial charge in [0.1, 0.15) is 0 Å². The van der Waals surface area contributed by atoms with Gasteiger partial charge in [0.25, 0.3) is 5.69 Å². The van der Waals surface area contributed by atoms with E-state index in [-0.39, 0.29) is 5.69 Å². The Hall–Kier alpha value is -1.90. The number of nitrogens with two attached hydrogens (primary N) is 1. The van der Waals surface area contributed by atoms with Gasteiger partial charge in [-0.25, -0.2) is 0 Å². The minimum Gasteiger partial charge on any atom is -0.382 e. The molecule has 1 aromatic carbocycles. The average molecular weight is 270 g/mol. The Morgan fingerprint density at radius 3 is 2.63 bits per heavy atom. The quantitative estimate of drug-likeness (QED) is 0.265. The second kappa shape index (κ2) is 8.25. The number of hydrogen-bond donors (Lipinski definition) is 3. The predicted octanol–water partition coefficient (Wildman–Crippen LogP) is 0.955. The molecule has 106 valence electrons. The number of non-ortho nitro benzene ring substituents is 1. The normalized spacial score (nSPS) is 10.2. The number of methoxy groups -OCH3 is 1. The lowest BCUT2D eigenvalue weighted by Crippen LogP contribution is -2.13. The predicted molar refractivity (Wildman–Crippen MR) is 72.1 cm³/mol. The van der Waals surface area contributed by atoms with Crippen molar-refractivity contribution in [2.75, 3.05) is 44.2 Å². The van der Waals surface area contributed by atoms with Gasteiger partial charge < -0.3 is 20.2 Å². The summed E-state index contributed by atoms with van der Waals surface area (Å²) in [6, 6.07) is 4.48. The molecule has 0 heterocycles. The lowest BCUT2D eigenvalue weighted by molar-refractivity contribution is -0.384. The van der Waals surface area contributed by atoms with Crippen molar-refractivity contribution in [3.63, 3.8) is 0 Å². The molecule has 0 amide bonds. The molecule has 0 unspecified atom stereocenters. The van der Waals surface area contributed by atoms with Crippen LogP contribution in [0.15, 0.2) is 18.2 Å². The van der Waals surface area contributed by atoms with Crippen LogP contribution in [0.2, 0.25) is 0 Å². The van der Waals surface area contributed by atoms with Crippen molar-refractivity contribution >= 4 is 17.1 Å². The second-order valence-corrected chi connectivity index (χ2v) is 3.70. The fourth-order valence-corrected chi connectivity index (χ4v) is 1.41. The van der Waals surface area contributed by atoms with Crippen molar-refractivity contribution in [3.05, 3.63) is 28.3 Å². The number of hydrogen-bond acceptors (Lipinski definition) is 7. The number of nitrogens with one attached hydrogen (secondary N) is 2. The van der Waals surface area contributed by atoms with Crippen LogP contribution in [0.4, 0.5) is 17.1 Å². The monoisotopic (exact) mass is 270 g/mol. The van der Waals surface area contributed by atoms with Crippen LogP contribution in [0.25, 0.3) is 0 Å². The van der Waals surface area contributed by atoms with Crippen LogP contribution in [-0.2, 0) is 9.47 Å². The maximum Gasteiger partial charge on any atom is 0.273 e. The first-order chi connectivity index (χ1) is 9.17. The maximum absolute atomic E-state index is 10.7. The summed E-state index contributed by atoms with van der Waals surface area (Å²) < 4.78 is 10.1. The van der Waals surface area contributed by atoms with Gasteiger partial charge in [-0.05, 0) is 6.07 Å². The molecule has 8 heteroatoms. The molecular formula is C11H18N4O4. The second-order valence-electron chi connectivity index (χ2n) is 3.70. The van der Waals surface area contributed by atoms with Crippen LogP contribution in [0.3, 0.4) is 0 Å². The number of rotatable bonds is 9. The summed E-state index contributed by atoms with van der Waals surface area (Å²) in [6.07, 6.45) is 0. The van der Waals surface area contributed by atoms with E-state index in [1.807, 2.05) is 0 Å². The van der Waals surface area contributed by atoms with E-state index in [1.165, 1.54) is 12.1 Å². The summed E-state index contributed by atoms with van der Waals surface area (Å²) in [6.45, 7) is 2.08. The fraction of sp³-hybridized carbons (Fsp3) is 0.455. The molecule has 19 heavy (non-hydrogen) atoms. The summed E-state index contributed by atoms with van der Waals surface area (Å²) in [5.74, 6) is 5.26. The third-order valence-electron chi connectivity index (χ3n) is 2.30. The molecule has 1 rings (SSSR count). The third-order valence-corrected chi connectivity index (χ3v) is 2.30. The van der Waals surface area contributed by atoms with E-state index >= 15 is 0 Å². The standard InChI is InChI=1S/C11H18N4O4/c1-18-4-5-19-3-2-13-9-6-10(14-12)8-11(7-9)15(16)17/h6-8,13-14H,2-5,12H2,1H3. The van der Waals surface area contributed by atoms with Crippen molar-refractivity contribution in [2.45, 2.75) is 0 Å². The highest BCUT2D eigenvalue weighted by molar-refractivity contribution is 5.63. The largest absolute Gasteiger partial charge is 0.382 e. The van der Waals surface area contributed by atoms with Crippen molar-refractivity contribution in [1.82, 2.24) is 0 Å². The molecule has 0 aliphatic carbocycles. The Morgan fingerprint density at radius 1 is 1.26 bits per heavy atom. The van der Waals surface area contributed by atoms with E-state index in [2.05, 4.69) is 10.7 Å². The lowest BCUT2D eigenvalue weighted by Gasteiger charge is -2.09. The van der Waals surface area contributed by atoms with Crippen molar-refractivity contribution in [3.8, 4) is 0 Å². The van der Waals surface area contributed by atoms with E-state index < -0.39 is 4.92 Å². The molecule has 0 saturated heterocycles. The van der Waals surface area contributed by atoms with E-state index in [9.17, 15) is 10.1 Å². The molecule has 8 nitrogen and oxygen atoms in total. The van der Waals surface area contributed by atoms with Gasteiger partial charge in [0.05, 0.1) is 30.4 Å². The van der Waals surface area contributed by atoms with E-state index in [0.29, 0.717) is 37.7 Å². The molecule has 0 spiro atoms. The first-order valence-corrected chi connectivity index (χ1v) is 5.74. The molecule has 0 aliphatic heterocycles. The molecule has 0 bridgehead atoms. The molecule has 0 aliphatic rings. The van der Waals surface area contributed by atoms with E-state index in [1.54, 1.807) is 13.2 Å². The lowest BCUT2D eigenvalue weighted by atomic mass is 10.2. The average Bonchev–Trinajstić information content (AvgIpc) is 2.42. The number of hydrazine groups is 1. The summed E-state index contributed by atoms with van der Waals surface area (Å²) >= 11 is 0. The Balaban J connectivity index is 2.48. The zero-order valence-electron chi connectivity index (χ0n) is 10.7. The van der Waals surface area contributed by atoms with Gasteiger partial charge in [-0.15, -0.1) is 0 Å². The molecule has 0 radical (unpaired) electrons. The Bertz CT molecular complexity index is 414. The molecule has 0 aromatic heterocycles. The SMILES string of the molecule is COCCOCCNc1cc(NN)cc([N+](=O)[O-])c1. The minimum atomic E-state index is -0.471. The maximum atomic E-state index is 10.7. The highest BCUT2D eigenvalue weighted by Gasteiger charge is 2.08. The van der Waals surface area contributed by atoms with Crippen molar-refractivity contribution < 1.29 is 14.4 Å². The Kier molecular flexibility index (Phi) is 6.58. The van der Waals surface area contributed by atoms with Gasteiger partial charge in [0.15, 0.2) is 0 Å². The third kappa shape index (κ3) is 5.51. The smallest absolute Gasteiger partial charge is 0.273 e. The van der Waals surface area contributed by atoms with Gasteiger partial charge in [-0.2, -0.15) is 0 Å². The zero-order chi connectivity index (χ0) is 14.1. The number of nitrogen functional groups attached to an aromatic ring is 1. The van der Waals surface area contributed by atoms with Gasteiger partial charge in [-0.1, -0.05) is 0 Å². The highest BCUT2D eigenvalue weighted by atomic mass is 16.6. The summed E-state index contributed by atoms with van der Waals surface area (Å²) in [5, 5.41) is 13.8. The van der Waals surface area contributed by atoms with Crippen LogP contribution in [0.1, 0.15) is 0 Å². The molecule has 4 N–H and O–H groups in total. The minimum absolute atomic E-state index is 0.0294. The van der Waals surface area contributed by atoms with Crippen molar-refractivity contribution in [2.24, 2.45) is 5.84 Å². The van der Waals surface area contributed by atoms with E-state index in [0.717, 1.165) is 0 Å². The summed E-state index contributed by atoms with van der Waals surface area (Å²) in [4.78, 5) is 10.3. The molecular weight excluding hydrogens is 252 g/mol. The van der Waals surface area contributed by atoms with Gasteiger partial charge in [0.2, 0.25) is 0 Å². The van der Waals surface area contributed by atoms with E-state index in [4.69, 9.17) is 15.3 Å². The summed E-state index contributed by atoms with van der Waals surface area (Å²) in [7, 11) is 1.60. The molecule has 1 aromatic rings.